The molecule has 0 bridgehead atoms. The molecule has 84 valence electrons. The van der Waals surface area contributed by atoms with Crippen molar-refractivity contribution in [1.82, 2.24) is 0 Å². The number of hydrogen-bond acceptors (Lipinski definition) is 4. The van der Waals surface area contributed by atoms with Crippen LogP contribution in [0.3, 0.4) is 0 Å². The maximum absolute atomic E-state index is 12.4. The molecule has 2 rings (SSSR count). The quantitative estimate of drug-likeness (QED) is 0.821. The van der Waals surface area contributed by atoms with Crippen LogP contribution in [0.2, 0.25) is 0 Å². The molecule has 1 aromatic heterocycles. The molecule has 0 saturated heterocycles. The van der Waals surface area contributed by atoms with Gasteiger partial charge in [-0.15, -0.1) is 11.3 Å². The fourth-order valence-electron chi connectivity index (χ4n) is 1.45. The second-order valence-electron chi connectivity index (χ2n) is 3.24. The maximum atomic E-state index is 12.4. The number of halogens is 1. The molecule has 16 heavy (non-hydrogen) atoms. The average molecular weight is 240 g/mol. The first kappa shape index (κ1) is 10.9. The fourth-order valence-corrected chi connectivity index (χ4v) is 2.44. The van der Waals surface area contributed by atoms with Gasteiger partial charge in [-0.1, -0.05) is 6.07 Å². The zero-order valence-electron chi connectivity index (χ0n) is 8.49. The van der Waals surface area contributed by atoms with Crippen molar-refractivity contribution in [2.75, 3.05) is 7.11 Å². The van der Waals surface area contributed by atoms with Gasteiger partial charge in [0.2, 0.25) is 0 Å². The molecule has 2 aromatic rings. The Labute approximate surface area is 95.1 Å². The lowest BCUT2D eigenvalue weighted by molar-refractivity contribution is 0.0603. The summed E-state index contributed by atoms with van der Waals surface area (Å²) in [4.78, 5) is 11.5. The molecule has 0 aliphatic rings. The van der Waals surface area contributed by atoms with E-state index in [1.807, 2.05) is 0 Å². The van der Waals surface area contributed by atoms with Gasteiger partial charge in [-0.25, -0.2) is 9.18 Å². The Morgan fingerprint density at radius 2 is 2.31 bits per heavy atom. The Hall–Kier alpha value is -1.62. The van der Waals surface area contributed by atoms with E-state index >= 15 is 0 Å². The van der Waals surface area contributed by atoms with Crippen molar-refractivity contribution in [3.8, 4) is 5.75 Å². The Kier molecular flexibility index (Phi) is 2.78. The lowest BCUT2D eigenvalue weighted by Gasteiger charge is -1.96. The van der Waals surface area contributed by atoms with Crippen LogP contribution in [0.5, 0.6) is 5.75 Å². The highest BCUT2D eigenvalue weighted by Gasteiger charge is 2.18. The van der Waals surface area contributed by atoms with Crippen LogP contribution in [-0.2, 0) is 11.4 Å². The molecular formula is C11H9FO3S. The van der Waals surface area contributed by atoms with Crippen LogP contribution < -0.4 is 0 Å². The molecule has 5 heteroatoms. The van der Waals surface area contributed by atoms with Crippen LogP contribution in [-0.4, -0.2) is 18.2 Å². The average Bonchev–Trinajstić information content (AvgIpc) is 2.65. The summed E-state index contributed by atoms with van der Waals surface area (Å²) >= 11 is 1.13. The van der Waals surface area contributed by atoms with Gasteiger partial charge in [-0.2, -0.15) is 0 Å². The summed E-state index contributed by atoms with van der Waals surface area (Å²) in [5.41, 5.74) is 0.469. The van der Waals surface area contributed by atoms with Gasteiger partial charge < -0.3 is 9.84 Å². The zero-order chi connectivity index (χ0) is 11.7. The summed E-state index contributed by atoms with van der Waals surface area (Å²) in [6.45, 7) is -0.598. The third-order valence-corrected chi connectivity index (χ3v) is 3.39. The van der Waals surface area contributed by atoms with Gasteiger partial charge >= 0.3 is 5.97 Å². The zero-order valence-corrected chi connectivity index (χ0v) is 9.31. The molecule has 1 N–H and O–H groups in total. The van der Waals surface area contributed by atoms with E-state index in [0.29, 0.717) is 10.9 Å². The van der Waals surface area contributed by atoms with Crippen molar-refractivity contribution in [1.29, 1.82) is 0 Å². The van der Waals surface area contributed by atoms with E-state index in [1.165, 1.54) is 13.2 Å². The predicted molar refractivity (Wildman–Crippen MR) is 59.6 cm³/mol. The van der Waals surface area contributed by atoms with Crippen molar-refractivity contribution in [2.45, 2.75) is 6.67 Å². The molecule has 0 atom stereocenters. The monoisotopic (exact) mass is 240 g/mol. The number of methoxy groups -OCH3 is 1. The van der Waals surface area contributed by atoms with E-state index in [0.717, 1.165) is 16.0 Å². The number of carbonyl (C=O) groups is 1. The summed E-state index contributed by atoms with van der Waals surface area (Å²) < 4.78 is 17.7. The van der Waals surface area contributed by atoms with E-state index in [9.17, 15) is 14.3 Å². The highest BCUT2D eigenvalue weighted by Crippen LogP contribution is 2.37. The minimum Gasteiger partial charge on any atom is -0.505 e. The molecule has 0 radical (unpaired) electrons. The number of hydrogen-bond donors (Lipinski definition) is 1. The van der Waals surface area contributed by atoms with Crippen molar-refractivity contribution in [2.24, 2.45) is 0 Å². The molecule has 1 heterocycles. The second kappa shape index (κ2) is 4.09. The summed E-state index contributed by atoms with van der Waals surface area (Å²) in [7, 11) is 1.25. The number of esters is 1. The second-order valence-corrected chi connectivity index (χ2v) is 4.29. The van der Waals surface area contributed by atoms with E-state index in [1.54, 1.807) is 12.1 Å². The smallest absolute Gasteiger partial charge is 0.351 e. The summed E-state index contributed by atoms with van der Waals surface area (Å²) in [6.07, 6.45) is 0. The normalized spacial score (nSPS) is 10.6. The first-order valence-corrected chi connectivity index (χ1v) is 5.37. The van der Waals surface area contributed by atoms with E-state index < -0.39 is 12.6 Å². The van der Waals surface area contributed by atoms with Gasteiger partial charge in [0, 0.05) is 10.1 Å². The number of thiophene rings is 1. The van der Waals surface area contributed by atoms with Gasteiger partial charge in [0.05, 0.1) is 7.11 Å². The third-order valence-electron chi connectivity index (χ3n) is 2.25. The molecule has 0 spiro atoms. The molecule has 0 fully saturated rings. The number of aromatic hydroxyl groups is 1. The van der Waals surface area contributed by atoms with E-state index in [2.05, 4.69) is 4.74 Å². The number of alkyl halides is 1. The van der Waals surface area contributed by atoms with Crippen LogP contribution in [0.4, 0.5) is 4.39 Å². The van der Waals surface area contributed by atoms with Crippen LogP contribution in [0.25, 0.3) is 10.1 Å². The van der Waals surface area contributed by atoms with Gasteiger partial charge in [0.1, 0.15) is 12.4 Å². The van der Waals surface area contributed by atoms with Gasteiger partial charge in [0.25, 0.3) is 0 Å². The summed E-state index contributed by atoms with van der Waals surface area (Å²) in [5.74, 6) is -0.720. The molecule has 3 nitrogen and oxygen atoms in total. The van der Waals surface area contributed by atoms with E-state index in [-0.39, 0.29) is 10.6 Å². The Balaban J connectivity index is 2.64. The summed E-state index contributed by atoms with van der Waals surface area (Å²) in [5, 5.41) is 10.3. The SMILES string of the molecule is COC(=O)c1sc2ccc(CF)cc2c1O. The highest BCUT2D eigenvalue weighted by atomic mass is 32.1. The first-order valence-electron chi connectivity index (χ1n) is 4.56. The lowest BCUT2D eigenvalue weighted by Crippen LogP contribution is -1.97. The third kappa shape index (κ3) is 1.63. The summed E-state index contributed by atoms with van der Waals surface area (Å²) in [6, 6.07) is 4.84. The van der Waals surface area contributed by atoms with Crippen LogP contribution in [0.15, 0.2) is 18.2 Å². The van der Waals surface area contributed by atoms with Crippen LogP contribution in [0, 0.1) is 0 Å². The minimum absolute atomic E-state index is 0.137. The van der Waals surface area contributed by atoms with Crippen molar-refractivity contribution >= 4 is 27.4 Å². The maximum Gasteiger partial charge on any atom is 0.351 e. The van der Waals surface area contributed by atoms with E-state index in [4.69, 9.17) is 0 Å². The highest BCUT2D eigenvalue weighted by molar-refractivity contribution is 7.21. The lowest BCUT2D eigenvalue weighted by atomic mass is 10.1. The van der Waals surface area contributed by atoms with Gasteiger partial charge in [0.15, 0.2) is 4.88 Å². The molecule has 1 aromatic carbocycles. The Bertz CT molecular complexity index is 547. The predicted octanol–water partition coefficient (Wildman–Crippen LogP) is 2.86. The number of rotatable bonds is 2. The van der Waals surface area contributed by atoms with Crippen LogP contribution in [0.1, 0.15) is 15.2 Å². The van der Waals surface area contributed by atoms with Crippen molar-refractivity contribution < 1.29 is 19.0 Å². The number of carbonyl (C=O) groups excluding carboxylic acids is 1. The Morgan fingerprint density at radius 3 is 2.94 bits per heavy atom. The number of fused-ring (bicyclic) bond motifs is 1. The fraction of sp³-hybridized carbons (Fsp3) is 0.182. The minimum atomic E-state index is -0.598. The molecule has 0 saturated carbocycles. The number of benzene rings is 1. The molecular weight excluding hydrogens is 231 g/mol. The van der Waals surface area contributed by atoms with Crippen molar-refractivity contribution in [3.05, 3.63) is 28.6 Å². The molecule has 0 aliphatic carbocycles. The van der Waals surface area contributed by atoms with Crippen LogP contribution >= 0.6 is 11.3 Å². The van der Waals surface area contributed by atoms with Gasteiger partial charge in [-0.3, -0.25) is 0 Å². The Morgan fingerprint density at radius 1 is 1.56 bits per heavy atom. The first-order chi connectivity index (χ1) is 7.67. The van der Waals surface area contributed by atoms with Gasteiger partial charge in [-0.05, 0) is 17.7 Å². The molecule has 0 unspecified atom stereocenters. The largest absolute Gasteiger partial charge is 0.505 e. The van der Waals surface area contributed by atoms with Crippen molar-refractivity contribution in [3.63, 3.8) is 0 Å². The number of ether oxygens (including phenoxy) is 1. The standard InChI is InChI=1S/C11H9FO3S/c1-15-11(14)10-9(13)7-4-6(5-12)2-3-8(7)16-10/h2-4,13H,5H2,1H3. The molecule has 0 amide bonds. The topological polar surface area (TPSA) is 46.5 Å². The molecule has 0 aliphatic heterocycles.